The van der Waals surface area contributed by atoms with E-state index in [0.717, 1.165) is 0 Å². The van der Waals surface area contributed by atoms with Gasteiger partial charge in [0.2, 0.25) is 0 Å². The number of carboxylic acid groups (broad SMARTS) is 1. The molecule has 0 aromatic carbocycles. The maximum absolute atomic E-state index is 10.6. The second-order valence-electron chi connectivity index (χ2n) is 3.82. The van der Waals surface area contributed by atoms with Crippen LogP contribution in [0.2, 0.25) is 0 Å². The van der Waals surface area contributed by atoms with Crippen molar-refractivity contribution in [3.05, 3.63) is 12.0 Å². The Labute approximate surface area is 76.2 Å². The van der Waals surface area contributed by atoms with E-state index in [4.69, 9.17) is 10.8 Å². The third kappa shape index (κ3) is 1.63. The van der Waals surface area contributed by atoms with Crippen LogP contribution < -0.4 is 5.73 Å². The molecule has 5 heteroatoms. The summed E-state index contributed by atoms with van der Waals surface area (Å²) in [6.45, 7) is 5.78. The van der Waals surface area contributed by atoms with E-state index in [0.29, 0.717) is 0 Å². The van der Waals surface area contributed by atoms with Gasteiger partial charge in [-0.2, -0.15) is 0 Å². The van der Waals surface area contributed by atoms with Crippen LogP contribution in [0, 0.1) is 0 Å². The van der Waals surface area contributed by atoms with E-state index in [2.05, 4.69) is 4.98 Å². The fraction of sp³-hybridized carbons (Fsp3) is 0.500. The lowest BCUT2D eigenvalue weighted by molar-refractivity contribution is 0.0692. The van der Waals surface area contributed by atoms with Gasteiger partial charge < -0.3 is 15.4 Å². The molecule has 1 heterocycles. The highest BCUT2D eigenvalue weighted by atomic mass is 16.4. The molecule has 0 atom stereocenters. The quantitative estimate of drug-likeness (QED) is 0.678. The molecule has 0 aliphatic carbocycles. The maximum Gasteiger partial charge on any atom is 0.358 e. The number of imidazole rings is 1. The van der Waals surface area contributed by atoms with E-state index >= 15 is 0 Å². The predicted octanol–water partition coefficient (Wildman–Crippen LogP) is 0.918. The first-order chi connectivity index (χ1) is 5.84. The summed E-state index contributed by atoms with van der Waals surface area (Å²) in [5.41, 5.74) is 5.28. The number of nitrogens with zero attached hydrogens (tertiary/aromatic N) is 2. The van der Waals surface area contributed by atoms with Crippen LogP contribution in [0.3, 0.4) is 0 Å². The van der Waals surface area contributed by atoms with Crippen molar-refractivity contribution in [1.82, 2.24) is 9.55 Å². The Morgan fingerprint density at radius 2 is 2.15 bits per heavy atom. The van der Waals surface area contributed by atoms with E-state index < -0.39 is 5.97 Å². The summed E-state index contributed by atoms with van der Waals surface area (Å²) in [4.78, 5) is 14.3. The van der Waals surface area contributed by atoms with Crippen LogP contribution in [0.4, 0.5) is 5.82 Å². The first-order valence-corrected chi connectivity index (χ1v) is 3.90. The van der Waals surface area contributed by atoms with Gasteiger partial charge in [0.15, 0.2) is 5.69 Å². The van der Waals surface area contributed by atoms with Gasteiger partial charge in [0, 0.05) is 5.54 Å². The largest absolute Gasteiger partial charge is 0.476 e. The Bertz CT molecular complexity index is 336. The third-order valence-corrected chi connectivity index (χ3v) is 1.73. The van der Waals surface area contributed by atoms with E-state index in [9.17, 15) is 4.79 Å². The van der Waals surface area contributed by atoms with Gasteiger partial charge in [-0.1, -0.05) is 0 Å². The van der Waals surface area contributed by atoms with Crippen LogP contribution in [0.1, 0.15) is 31.3 Å². The topological polar surface area (TPSA) is 81.1 Å². The Morgan fingerprint density at radius 1 is 1.62 bits per heavy atom. The van der Waals surface area contributed by atoms with E-state index in [1.165, 1.54) is 6.33 Å². The summed E-state index contributed by atoms with van der Waals surface area (Å²) in [6.07, 6.45) is 1.44. The number of nitrogens with two attached hydrogens (primary N) is 1. The number of hydrogen-bond donors (Lipinski definition) is 2. The average molecular weight is 183 g/mol. The molecule has 1 aromatic rings. The van der Waals surface area contributed by atoms with Gasteiger partial charge in [0.05, 0.1) is 6.33 Å². The molecule has 0 bridgehead atoms. The molecule has 0 spiro atoms. The second kappa shape index (κ2) is 2.76. The Morgan fingerprint density at radius 3 is 2.38 bits per heavy atom. The molecule has 72 valence electrons. The zero-order valence-corrected chi connectivity index (χ0v) is 7.90. The molecule has 3 N–H and O–H groups in total. The van der Waals surface area contributed by atoms with Crippen molar-refractivity contribution in [1.29, 1.82) is 0 Å². The van der Waals surface area contributed by atoms with Gasteiger partial charge in [0.25, 0.3) is 0 Å². The van der Waals surface area contributed by atoms with Gasteiger partial charge in [-0.25, -0.2) is 9.78 Å². The highest BCUT2D eigenvalue weighted by Crippen LogP contribution is 2.20. The van der Waals surface area contributed by atoms with Crippen molar-refractivity contribution < 1.29 is 9.90 Å². The second-order valence-corrected chi connectivity index (χ2v) is 3.82. The van der Waals surface area contributed by atoms with E-state index in [1.54, 1.807) is 4.57 Å². The zero-order valence-electron chi connectivity index (χ0n) is 7.90. The molecule has 0 radical (unpaired) electrons. The standard InChI is InChI=1S/C8H13N3O2/c1-8(2,3)11-4-10-5(6(11)9)7(12)13/h4H,9H2,1-3H3,(H,12,13). The van der Waals surface area contributed by atoms with Gasteiger partial charge in [0.1, 0.15) is 5.82 Å². The predicted molar refractivity (Wildman–Crippen MR) is 48.6 cm³/mol. The van der Waals surface area contributed by atoms with Gasteiger partial charge in [-0.05, 0) is 20.8 Å². The van der Waals surface area contributed by atoms with Crippen LogP contribution in [0.15, 0.2) is 6.33 Å². The first-order valence-electron chi connectivity index (χ1n) is 3.90. The smallest absolute Gasteiger partial charge is 0.358 e. The molecule has 0 aliphatic heterocycles. The molecule has 0 saturated heterocycles. The van der Waals surface area contributed by atoms with Gasteiger partial charge in [-0.3, -0.25) is 0 Å². The lowest BCUT2D eigenvalue weighted by Crippen LogP contribution is -2.23. The minimum absolute atomic E-state index is 0.0880. The number of hydrogen-bond acceptors (Lipinski definition) is 3. The molecule has 0 aliphatic rings. The first kappa shape index (κ1) is 9.57. The lowest BCUT2D eigenvalue weighted by Gasteiger charge is -2.21. The van der Waals surface area contributed by atoms with E-state index in [1.807, 2.05) is 20.8 Å². The molecule has 1 rings (SSSR count). The number of aromatic carboxylic acids is 1. The minimum atomic E-state index is -1.10. The average Bonchev–Trinajstić information content (AvgIpc) is 2.28. The van der Waals surface area contributed by atoms with Crippen molar-refractivity contribution in [2.45, 2.75) is 26.3 Å². The lowest BCUT2D eigenvalue weighted by atomic mass is 10.1. The monoisotopic (exact) mass is 183 g/mol. The van der Waals surface area contributed by atoms with Crippen molar-refractivity contribution in [2.24, 2.45) is 0 Å². The molecule has 0 amide bonds. The van der Waals surface area contributed by atoms with Crippen molar-refractivity contribution in [2.75, 3.05) is 5.73 Å². The van der Waals surface area contributed by atoms with Crippen LogP contribution in [-0.4, -0.2) is 20.6 Å². The summed E-state index contributed by atoms with van der Waals surface area (Å²) in [7, 11) is 0. The Balaban J connectivity index is 3.22. The molecule has 0 unspecified atom stereocenters. The molecular weight excluding hydrogens is 170 g/mol. The molecular formula is C8H13N3O2. The highest BCUT2D eigenvalue weighted by Gasteiger charge is 2.21. The summed E-state index contributed by atoms with van der Waals surface area (Å²) in [5.74, 6) is -0.902. The number of carbonyl (C=O) groups is 1. The number of carboxylic acids is 1. The van der Waals surface area contributed by atoms with E-state index in [-0.39, 0.29) is 17.1 Å². The molecule has 0 fully saturated rings. The van der Waals surface area contributed by atoms with Crippen molar-refractivity contribution in [3.63, 3.8) is 0 Å². The molecule has 0 saturated carbocycles. The maximum atomic E-state index is 10.6. The molecule has 1 aromatic heterocycles. The fourth-order valence-corrected chi connectivity index (χ4v) is 1.06. The summed E-state index contributed by atoms with van der Waals surface area (Å²) >= 11 is 0. The number of aromatic nitrogens is 2. The normalized spacial score (nSPS) is 11.6. The van der Waals surface area contributed by atoms with Crippen molar-refractivity contribution >= 4 is 11.8 Å². The van der Waals surface area contributed by atoms with Crippen molar-refractivity contribution in [3.8, 4) is 0 Å². The molecule has 13 heavy (non-hydrogen) atoms. The summed E-state index contributed by atoms with van der Waals surface area (Å²) in [5, 5.41) is 8.69. The summed E-state index contributed by atoms with van der Waals surface area (Å²) < 4.78 is 1.64. The highest BCUT2D eigenvalue weighted by molar-refractivity contribution is 5.90. The minimum Gasteiger partial charge on any atom is -0.476 e. The number of nitrogen functional groups attached to an aromatic ring is 1. The number of anilines is 1. The van der Waals surface area contributed by atoms with Gasteiger partial charge >= 0.3 is 5.97 Å². The van der Waals surface area contributed by atoms with Crippen LogP contribution >= 0.6 is 0 Å². The van der Waals surface area contributed by atoms with Gasteiger partial charge in [-0.15, -0.1) is 0 Å². The Hall–Kier alpha value is -1.52. The molecule has 5 nitrogen and oxygen atoms in total. The Kier molecular flexibility index (Phi) is 2.03. The van der Waals surface area contributed by atoms with Crippen LogP contribution in [-0.2, 0) is 5.54 Å². The SMILES string of the molecule is CC(C)(C)n1cnc(C(=O)O)c1N. The van der Waals surface area contributed by atoms with Crippen LogP contribution in [0.5, 0.6) is 0 Å². The fourth-order valence-electron chi connectivity index (χ4n) is 1.06. The zero-order chi connectivity index (χ0) is 10.2. The number of rotatable bonds is 1. The van der Waals surface area contributed by atoms with Crippen LogP contribution in [0.25, 0.3) is 0 Å². The summed E-state index contributed by atoms with van der Waals surface area (Å²) in [6, 6.07) is 0. The third-order valence-electron chi connectivity index (χ3n) is 1.73.